The highest BCUT2D eigenvalue weighted by Crippen LogP contribution is 1.80. The third-order valence-corrected chi connectivity index (χ3v) is 1.30. The molecule has 0 spiro atoms. The number of nitrogens with zero attached hydrogens (tertiary/aromatic N) is 1. The van der Waals surface area contributed by atoms with Crippen molar-refractivity contribution in [2.45, 2.75) is 6.42 Å². The fourth-order valence-electron chi connectivity index (χ4n) is 0.741. The van der Waals surface area contributed by atoms with Crippen molar-refractivity contribution >= 4 is 6.03 Å². The Morgan fingerprint density at radius 1 is 1.58 bits per heavy atom. The number of hydrogen-bond acceptors (Lipinski definition) is 2. The molecule has 0 aliphatic rings. The minimum Gasteiger partial charge on any atom is -0.338 e. The second-order valence-corrected chi connectivity index (χ2v) is 2.76. The Morgan fingerprint density at radius 2 is 2.25 bits per heavy atom. The van der Waals surface area contributed by atoms with Crippen molar-refractivity contribution in [2.75, 3.05) is 27.2 Å². The maximum Gasteiger partial charge on any atom is 0.318 e. The Hall–Kier alpha value is -1.03. The molecule has 70 valence electrons. The van der Waals surface area contributed by atoms with E-state index >= 15 is 0 Å². The number of hydrogen-bond donors (Lipinski definition) is 2. The van der Waals surface area contributed by atoms with E-state index in [9.17, 15) is 4.79 Å². The number of rotatable bonds is 5. The maximum atomic E-state index is 10.8. The van der Waals surface area contributed by atoms with Crippen LogP contribution < -0.4 is 10.6 Å². The zero-order valence-electron chi connectivity index (χ0n) is 7.76. The number of carbonyl (C=O) groups is 1. The molecule has 12 heavy (non-hydrogen) atoms. The largest absolute Gasteiger partial charge is 0.338 e. The van der Waals surface area contributed by atoms with E-state index in [-0.39, 0.29) is 6.03 Å². The van der Waals surface area contributed by atoms with Crippen molar-refractivity contribution in [3.05, 3.63) is 12.8 Å². The van der Waals surface area contributed by atoms with Gasteiger partial charge in [-0.15, -0.1) is 0 Å². The minimum atomic E-state index is -0.191. The normalized spacial score (nSPS) is 9.58. The summed E-state index contributed by atoms with van der Waals surface area (Å²) in [7, 11) is 4.01. The van der Waals surface area contributed by atoms with Gasteiger partial charge < -0.3 is 15.5 Å². The first-order valence-electron chi connectivity index (χ1n) is 3.97. The number of amides is 2. The van der Waals surface area contributed by atoms with Gasteiger partial charge in [0.05, 0.1) is 0 Å². The summed E-state index contributed by atoms with van der Waals surface area (Å²) in [5, 5.41) is 5.12. The molecule has 2 amide bonds. The molecule has 0 radical (unpaired) electrons. The first kappa shape index (κ1) is 11.0. The lowest BCUT2D eigenvalue weighted by Gasteiger charge is -2.09. The van der Waals surface area contributed by atoms with Crippen molar-refractivity contribution in [3.8, 4) is 0 Å². The maximum absolute atomic E-state index is 10.8. The molecule has 0 saturated heterocycles. The predicted molar refractivity (Wildman–Crippen MR) is 49.9 cm³/mol. The monoisotopic (exact) mass is 171 g/mol. The average molecular weight is 171 g/mol. The average Bonchev–Trinajstić information content (AvgIpc) is 1.98. The van der Waals surface area contributed by atoms with Crippen LogP contribution in [-0.4, -0.2) is 38.1 Å². The molecule has 0 heterocycles. The van der Waals surface area contributed by atoms with E-state index < -0.39 is 0 Å². The van der Waals surface area contributed by atoms with Gasteiger partial charge in [0.25, 0.3) is 0 Å². The lowest BCUT2D eigenvalue weighted by molar-refractivity contribution is 0.243. The van der Waals surface area contributed by atoms with Crippen LogP contribution in [-0.2, 0) is 0 Å². The van der Waals surface area contributed by atoms with E-state index in [1.807, 2.05) is 14.1 Å². The summed E-state index contributed by atoms with van der Waals surface area (Å²) in [6, 6.07) is -0.191. The predicted octanol–water partition coefficient (Wildman–Crippen LogP) is 0.381. The Labute approximate surface area is 73.6 Å². The highest BCUT2D eigenvalue weighted by molar-refractivity contribution is 5.74. The highest BCUT2D eigenvalue weighted by atomic mass is 16.2. The van der Waals surface area contributed by atoms with Gasteiger partial charge in [-0.3, -0.25) is 0 Å². The van der Waals surface area contributed by atoms with Crippen LogP contribution in [0.4, 0.5) is 4.79 Å². The molecule has 2 N–H and O–H groups in total. The second kappa shape index (κ2) is 6.67. The fraction of sp³-hybridized carbons (Fsp3) is 0.625. The van der Waals surface area contributed by atoms with E-state index in [1.54, 1.807) is 0 Å². The SMILES string of the molecule is C=CNC(=O)NCCCN(C)C. The van der Waals surface area contributed by atoms with Gasteiger partial charge in [-0.1, -0.05) is 6.58 Å². The summed E-state index contributed by atoms with van der Waals surface area (Å²) >= 11 is 0. The molecule has 0 atom stereocenters. The molecule has 4 heteroatoms. The molecule has 0 saturated carbocycles. The summed E-state index contributed by atoms with van der Waals surface area (Å²) in [5.74, 6) is 0. The van der Waals surface area contributed by atoms with Crippen molar-refractivity contribution in [2.24, 2.45) is 0 Å². The topological polar surface area (TPSA) is 44.4 Å². The Morgan fingerprint density at radius 3 is 2.75 bits per heavy atom. The molecule has 0 fully saturated rings. The smallest absolute Gasteiger partial charge is 0.318 e. The Balaban J connectivity index is 3.19. The molecule has 0 aliphatic carbocycles. The minimum absolute atomic E-state index is 0.191. The molecule has 0 rings (SSSR count). The van der Waals surface area contributed by atoms with Crippen LogP contribution in [0, 0.1) is 0 Å². The van der Waals surface area contributed by atoms with Crippen LogP contribution >= 0.6 is 0 Å². The summed E-state index contributed by atoms with van der Waals surface area (Å²) in [4.78, 5) is 12.9. The van der Waals surface area contributed by atoms with E-state index in [4.69, 9.17) is 0 Å². The highest BCUT2D eigenvalue weighted by Gasteiger charge is 1.95. The van der Waals surface area contributed by atoms with Crippen molar-refractivity contribution in [1.82, 2.24) is 15.5 Å². The van der Waals surface area contributed by atoms with E-state index in [0.717, 1.165) is 13.0 Å². The summed E-state index contributed by atoms with van der Waals surface area (Å²) in [5.41, 5.74) is 0. The molecule has 0 bridgehead atoms. The van der Waals surface area contributed by atoms with Gasteiger partial charge in [-0.25, -0.2) is 4.79 Å². The first-order valence-corrected chi connectivity index (χ1v) is 3.97. The van der Waals surface area contributed by atoms with Gasteiger partial charge in [0.1, 0.15) is 0 Å². The van der Waals surface area contributed by atoms with Gasteiger partial charge in [0.2, 0.25) is 0 Å². The van der Waals surface area contributed by atoms with Crippen LogP contribution in [0.1, 0.15) is 6.42 Å². The van der Waals surface area contributed by atoms with Crippen LogP contribution in [0.3, 0.4) is 0 Å². The van der Waals surface area contributed by atoms with Crippen LogP contribution in [0.25, 0.3) is 0 Å². The van der Waals surface area contributed by atoms with E-state index in [1.165, 1.54) is 6.20 Å². The van der Waals surface area contributed by atoms with E-state index in [2.05, 4.69) is 22.1 Å². The van der Waals surface area contributed by atoms with Gasteiger partial charge in [-0.2, -0.15) is 0 Å². The number of urea groups is 1. The van der Waals surface area contributed by atoms with Gasteiger partial charge in [-0.05, 0) is 33.3 Å². The first-order chi connectivity index (χ1) is 5.66. The fourth-order valence-corrected chi connectivity index (χ4v) is 0.741. The number of carbonyl (C=O) groups excluding carboxylic acids is 1. The molecule has 0 aromatic heterocycles. The molecule has 0 aromatic rings. The zero-order valence-corrected chi connectivity index (χ0v) is 7.76. The van der Waals surface area contributed by atoms with Crippen molar-refractivity contribution < 1.29 is 4.79 Å². The van der Waals surface area contributed by atoms with Crippen LogP contribution in [0.2, 0.25) is 0 Å². The van der Waals surface area contributed by atoms with E-state index in [0.29, 0.717) is 6.54 Å². The molecule has 4 nitrogen and oxygen atoms in total. The lowest BCUT2D eigenvalue weighted by atomic mass is 10.4. The van der Waals surface area contributed by atoms with Crippen molar-refractivity contribution in [3.63, 3.8) is 0 Å². The molecule has 0 unspecified atom stereocenters. The molecular formula is C8H17N3O. The second-order valence-electron chi connectivity index (χ2n) is 2.76. The zero-order chi connectivity index (χ0) is 9.40. The van der Waals surface area contributed by atoms with Crippen molar-refractivity contribution in [1.29, 1.82) is 0 Å². The molecule has 0 aromatic carbocycles. The van der Waals surface area contributed by atoms with Crippen LogP contribution in [0.5, 0.6) is 0 Å². The van der Waals surface area contributed by atoms with Gasteiger partial charge >= 0.3 is 6.03 Å². The Bertz CT molecular complexity index is 145. The summed E-state index contributed by atoms with van der Waals surface area (Å²) in [6.07, 6.45) is 2.32. The summed E-state index contributed by atoms with van der Waals surface area (Å²) in [6.45, 7) is 5.05. The standard InChI is InChI=1S/C8H17N3O/c1-4-9-8(12)10-6-5-7-11(2)3/h4H,1,5-7H2,2-3H3,(H2,9,10,12). The van der Waals surface area contributed by atoms with Crippen LogP contribution in [0.15, 0.2) is 12.8 Å². The van der Waals surface area contributed by atoms with Gasteiger partial charge in [0, 0.05) is 6.54 Å². The summed E-state index contributed by atoms with van der Waals surface area (Å²) < 4.78 is 0. The quantitative estimate of drug-likeness (QED) is 0.587. The third kappa shape index (κ3) is 7.08. The third-order valence-electron chi connectivity index (χ3n) is 1.30. The lowest BCUT2D eigenvalue weighted by Crippen LogP contribution is -2.33. The molecule has 0 aliphatic heterocycles. The number of nitrogens with one attached hydrogen (secondary N) is 2. The van der Waals surface area contributed by atoms with Gasteiger partial charge in [0.15, 0.2) is 0 Å². The molecular weight excluding hydrogens is 154 g/mol. The Kier molecular flexibility index (Phi) is 6.09.